The van der Waals surface area contributed by atoms with Crippen molar-refractivity contribution in [2.24, 2.45) is 0 Å². The highest BCUT2D eigenvalue weighted by atomic mass is 16.5. The van der Waals surface area contributed by atoms with Crippen LogP contribution in [0.2, 0.25) is 0 Å². The van der Waals surface area contributed by atoms with E-state index in [0.717, 1.165) is 30.7 Å². The molecule has 0 saturated carbocycles. The number of nitrogens with zero attached hydrogens (tertiary/aromatic N) is 1. The molecule has 1 N–H and O–H groups in total. The third-order valence-electron chi connectivity index (χ3n) is 3.52. The molecule has 0 bridgehead atoms. The van der Waals surface area contributed by atoms with Gasteiger partial charge in [0.15, 0.2) is 0 Å². The summed E-state index contributed by atoms with van der Waals surface area (Å²) in [6.07, 6.45) is 2.33. The van der Waals surface area contributed by atoms with E-state index in [4.69, 9.17) is 4.74 Å². The minimum Gasteiger partial charge on any atom is -0.387 e. The first kappa shape index (κ1) is 13.9. The molecule has 1 aromatic rings. The number of amides is 1. The zero-order chi connectivity index (χ0) is 13.8. The summed E-state index contributed by atoms with van der Waals surface area (Å²) in [4.78, 5) is 14.2. The van der Waals surface area contributed by atoms with E-state index in [2.05, 4.69) is 5.32 Å². The Morgan fingerprint density at radius 2 is 2.32 bits per heavy atom. The van der Waals surface area contributed by atoms with Crippen LogP contribution >= 0.6 is 0 Å². The van der Waals surface area contributed by atoms with Gasteiger partial charge in [-0.3, -0.25) is 4.79 Å². The quantitative estimate of drug-likeness (QED) is 0.905. The maximum atomic E-state index is 12.5. The molecule has 1 aromatic carbocycles. The number of benzene rings is 1. The predicted molar refractivity (Wildman–Crippen MR) is 76.7 cm³/mol. The summed E-state index contributed by atoms with van der Waals surface area (Å²) < 4.78 is 5.58. The zero-order valence-electron chi connectivity index (χ0n) is 11.9. The molecule has 0 aliphatic carbocycles. The predicted octanol–water partition coefficient (Wildman–Crippen LogP) is 2.29. The van der Waals surface area contributed by atoms with Crippen LogP contribution < -0.4 is 5.32 Å². The van der Waals surface area contributed by atoms with Gasteiger partial charge < -0.3 is 15.0 Å². The number of nitrogens with one attached hydrogen (secondary N) is 1. The summed E-state index contributed by atoms with van der Waals surface area (Å²) in [6.45, 7) is 3.50. The van der Waals surface area contributed by atoms with Crippen LogP contribution in [-0.4, -0.2) is 44.2 Å². The van der Waals surface area contributed by atoms with Gasteiger partial charge in [-0.05, 0) is 37.5 Å². The van der Waals surface area contributed by atoms with Gasteiger partial charge in [0.1, 0.15) is 0 Å². The minimum absolute atomic E-state index is 0.0415. The molecule has 19 heavy (non-hydrogen) atoms. The first-order valence-corrected chi connectivity index (χ1v) is 6.77. The monoisotopic (exact) mass is 262 g/mol. The van der Waals surface area contributed by atoms with Crippen molar-refractivity contribution in [3.8, 4) is 0 Å². The second kappa shape index (κ2) is 6.06. The van der Waals surface area contributed by atoms with Crippen LogP contribution in [-0.2, 0) is 4.74 Å². The number of hydrogen-bond acceptors (Lipinski definition) is 3. The van der Waals surface area contributed by atoms with E-state index in [-0.39, 0.29) is 12.0 Å². The highest BCUT2D eigenvalue weighted by molar-refractivity contribution is 5.99. The molecule has 1 atom stereocenters. The average molecular weight is 262 g/mol. The van der Waals surface area contributed by atoms with Crippen molar-refractivity contribution in [3.05, 3.63) is 29.3 Å². The summed E-state index contributed by atoms with van der Waals surface area (Å²) >= 11 is 0. The largest absolute Gasteiger partial charge is 0.387 e. The second-order valence-corrected chi connectivity index (χ2v) is 5.12. The minimum atomic E-state index is 0.0415. The maximum Gasteiger partial charge on any atom is 0.255 e. The highest BCUT2D eigenvalue weighted by Crippen LogP contribution is 2.20. The Labute approximate surface area is 114 Å². The molecule has 0 radical (unpaired) electrons. The number of carbonyl (C=O) groups is 1. The first-order valence-electron chi connectivity index (χ1n) is 6.77. The summed E-state index contributed by atoms with van der Waals surface area (Å²) in [5, 5.41) is 3.09. The number of rotatable bonds is 4. The molecule has 1 unspecified atom stereocenters. The Hall–Kier alpha value is -1.55. The summed E-state index contributed by atoms with van der Waals surface area (Å²) in [7, 11) is 3.68. The van der Waals surface area contributed by atoms with Gasteiger partial charge >= 0.3 is 0 Å². The van der Waals surface area contributed by atoms with Crippen LogP contribution in [0.15, 0.2) is 18.2 Å². The van der Waals surface area contributed by atoms with Crippen LogP contribution in [0, 0.1) is 6.92 Å². The van der Waals surface area contributed by atoms with Crippen LogP contribution in [0.3, 0.4) is 0 Å². The van der Waals surface area contributed by atoms with Gasteiger partial charge in [-0.15, -0.1) is 0 Å². The summed E-state index contributed by atoms with van der Waals surface area (Å²) in [5.41, 5.74) is 2.74. The highest BCUT2D eigenvalue weighted by Gasteiger charge is 2.22. The normalized spacial score (nSPS) is 18.4. The molecule has 1 fully saturated rings. The number of likely N-dealkylation sites (N-methyl/N-ethyl adjacent to an activating group) is 1. The smallest absolute Gasteiger partial charge is 0.255 e. The lowest BCUT2D eigenvalue weighted by Crippen LogP contribution is -2.34. The van der Waals surface area contributed by atoms with E-state index in [1.54, 1.807) is 4.90 Å². The Bertz CT molecular complexity index is 453. The summed E-state index contributed by atoms with van der Waals surface area (Å²) in [5.74, 6) is 0.0415. The molecule has 0 aromatic heterocycles. The van der Waals surface area contributed by atoms with Crippen molar-refractivity contribution in [3.63, 3.8) is 0 Å². The second-order valence-electron chi connectivity index (χ2n) is 5.12. The Morgan fingerprint density at radius 3 is 2.95 bits per heavy atom. The van der Waals surface area contributed by atoms with E-state index in [0.29, 0.717) is 12.1 Å². The molecule has 1 saturated heterocycles. The summed E-state index contributed by atoms with van der Waals surface area (Å²) in [6, 6.07) is 5.84. The molecule has 1 amide bonds. The van der Waals surface area contributed by atoms with Gasteiger partial charge in [-0.25, -0.2) is 0 Å². The fourth-order valence-corrected chi connectivity index (χ4v) is 2.43. The fraction of sp³-hybridized carbons (Fsp3) is 0.533. The Balaban J connectivity index is 2.09. The molecule has 1 aliphatic heterocycles. The molecule has 1 heterocycles. The molecule has 104 valence electrons. The molecule has 0 spiro atoms. The van der Waals surface area contributed by atoms with Gasteiger partial charge in [0.25, 0.3) is 5.91 Å². The Kier molecular flexibility index (Phi) is 4.43. The van der Waals surface area contributed by atoms with E-state index < -0.39 is 0 Å². The van der Waals surface area contributed by atoms with E-state index in [9.17, 15) is 4.79 Å². The molecule has 4 nitrogen and oxygen atoms in total. The van der Waals surface area contributed by atoms with Crippen LogP contribution in [0.4, 0.5) is 5.69 Å². The lowest BCUT2D eigenvalue weighted by molar-refractivity contribution is 0.0588. The molecule has 2 rings (SSSR count). The number of anilines is 1. The lowest BCUT2D eigenvalue weighted by atomic mass is 10.1. The third-order valence-corrected chi connectivity index (χ3v) is 3.52. The first-order chi connectivity index (χ1) is 9.11. The lowest BCUT2D eigenvalue weighted by Gasteiger charge is -2.22. The molecular weight excluding hydrogens is 240 g/mol. The van der Waals surface area contributed by atoms with Crippen LogP contribution in [0.1, 0.15) is 28.8 Å². The van der Waals surface area contributed by atoms with Crippen molar-refractivity contribution in [2.75, 3.05) is 32.6 Å². The molecule has 4 heteroatoms. The number of carbonyl (C=O) groups excluding carboxylic acids is 1. The fourth-order valence-electron chi connectivity index (χ4n) is 2.43. The van der Waals surface area contributed by atoms with E-state index >= 15 is 0 Å². The topological polar surface area (TPSA) is 41.6 Å². The van der Waals surface area contributed by atoms with Crippen molar-refractivity contribution >= 4 is 11.6 Å². The van der Waals surface area contributed by atoms with Crippen LogP contribution in [0.25, 0.3) is 0 Å². The van der Waals surface area contributed by atoms with E-state index in [1.807, 2.05) is 39.2 Å². The van der Waals surface area contributed by atoms with Crippen molar-refractivity contribution in [1.29, 1.82) is 0 Å². The van der Waals surface area contributed by atoms with Gasteiger partial charge in [0.2, 0.25) is 0 Å². The number of ether oxygens (including phenoxy) is 1. The Morgan fingerprint density at radius 1 is 1.53 bits per heavy atom. The van der Waals surface area contributed by atoms with Crippen LogP contribution in [0.5, 0.6) is 0 Å². The van der Waals surface area contributed by atoms with Gasteiger partial charge in [0.05, 0.1) is 11.7 Å². The number of aryl methyl sites for hydroxylation is 1. The average Bonchev–Trinajstić information content (AvgIpc) is 2.90. The zero-order valence-corrected chi connectivity index (χ0v) is 11.9. The van der Waals surface area contributed by atoms with Gasteiger partial charge in [-0.1, -0.05) is 6.07 Å². The SMILES string of the molecule is CNc1cc(C)ccc1C(=O)N(C)CC1CCCO1. The van der Waals surface area contributed by atoms with Gasteiger partial charge in [0, 0.05) is 32.9 Å². The van der Waals surface area contributed by atoms with Gasteiger partial charge in [-0.2, -0.15) is 0 Å². The van der Waals surface area contributed by atoms with E-state index in [1.165, 1.54) is 0 Å². The van der Waals surface area contributed by atoms with Crippen molar-refractivity contribution in [1.82, 2.24) is 4.90 Å². The third kappa shape index (κ3) is 3.26. The molecular formula is C15H22N2O2. The standard InChI is InChI=1S/C15H22N2O2/c1-11-6-7-13(14(9-11)16-2)15(18)17(3)10-12-5-4-8-19-12/h6-7,9,12,16H,4-5,8,10H2,1-3H3. The van der Waals surface area contributed by atoms with Crippen molar-refractivity contribution in [2.45, 2.75) is 25.9 Å². The number of hydrogen-bond donors (Lipinski definition) is 1. The van der Waals surface area contributed by atoms with Crippen molar-refractivity contribution < 1.29 is 9.53 Å². The maximum absolute atomic E-state index is 12.5. The molecule has 1 aliphatic rings.